The van der Waals surface area contributed by atoms with Gasteiger partial charge in [0.05, 0.1) is 11.1 Å². The van der Waals surface area contributed by atoms with Gasteiger partial charge in [0.15, 0.2) is 0 Å². The molecule has 0 bridgehead atoms. The van der Waals surface area contributed by atoms with Crippen LogP contribution in [-0.2, 0) is 11.0 Å². The Balaban J connectivity index is 2.91. The molecule has 1 aromatic rings. The number of carboxylic acids is 1. The van der Waals surface area contributed by atoms with Crippen molar-refractivity contribution >= 4 is 11.9 Å². The van der Waals surface area contributed by atoms with E-state index in [4.69, 9.17) is 5.11 Å². The zero-order valence-corrected chi connectivity index (χ0v) is 9.15. The van der Waals surface area contributed by atoms with Crippen molar-refractivity contribution < 1.29 is 27.9 Å². The summed E-state index contributed by atoms with van der Waals surface area (Å²) >= 11 is 0. The fourth-order valence-corrected chi connectivity index (χ4v) is 1.06. The van der Waals surface area contributed by atoms with Crippen LogP contribution in [0.15, 0.2) is 18.5 Å². The molecule has 1 atom stereocenters. The molecule has 0 radical (unpaired) electrons. The van der Waals surface area contributed by atoms with E-state index in [1.54, 1.807) is 0 Å². The summed E-state index contributed by atoms with van der Waals surface area (Å²) in [6, 6.07) is -0.594. The predicted octanol–water partition coefficient (Wildman–Crippen LogP) is 1.30. The maximum absolute atomic E-state index is 12.4. The fourth-order valence-electron chi connectivity index (χ4n) is 1.06. The van der Waals surface area contributed by atoms with Crippen LogP contribution in [0.1, 0.15) is 22.8 Å². The van der Waals surface area contributed by atoms with E-state index in [1.807, 2.05) is 5.32 Å². The second-order valence-electron chi connectivity index (χ2n) is 3.49. The quantitative estimate of drug-likeness (QED) is 0.860. The molecular weight excluding hydrogens is 253 g/mol. The summed E-state index contributed by atoms with van der Waals surface area (Å²) in [6.07, 6.45) is -3.10. The van der Waals surface area contributed by atoms with Crippen LogP contribution in [-0.4, -0.2) is 28.0 Å². The first-order valence-electron chi connectivity index (χ1n) is 4.77. The Hall–Kier alpha value is -2.12. The van der Waals surface area contributed by atoms with E-state index in [-0.39, 0.29) is 5.56 Å². The van der Waals surface area contributed by atoms with Crippen LogP contribution < -0.4 is 5.32 Å². The molecule has 0 saturated heterocycles. The minimum absolute atomic E-state index is 0.349. The molecule has 1 aromatic heterocycles. The molecule has 1 rings (SSSR count). The summed E-state index contributed by atoms with van der Waals surface area (Å²) in [5, 5.41) is 10.6. The molecule has 0 spiro atoms. The maximum atomic E-state index is 12.4. The monoisotopic (exact) mass is 262 g/mol. The maximum Gasteiger partial charge on any atom is 0.417 e. The molecule has 0 aliphatic carbocycles. The molecule has 0 unspecified atom stereocenters. The van der Waals surface area contributed by atoms with Crippen LogP contribution in [0.25, 0.3) is 0 Å². The number of amides is 1. The molecule has 18 heavy (non-hydrogen) atoms. The average Bonchev–Trinajstić information content (AvgIpc) is 2.27. The fraction of sp³-hybridized carbons (Fsp3) is 0.300. The number of aromatic nitrogens is 1. The average molecular weight is 262 g/mol. The van der Waals surface area contributed by atoms with Crippen molar-refractivity contribution in [1.29, 1.82) is 0 Å². The summed E-state index contributed by atoms with van der Waals surface area (Å²) in [5.74, 6) is -2.22. The van der Waals surface area contributed by atoms with E-state index in [0.717, 1.165) is 6.20 Å². The highest BCUT2D eigenvalue weighted by Crippen LogP contribution is 2.28. The minimum atomic E-state index is -4.61. The number of pyridine rings is 1. The molecule has 0 saturated carbocycles. The first kappa shape index (κ1) is 13.9. The Morgan fingerprint density at radius 2 is 2.00 bits per heavy atom. The number of carbonyl (C=O) groups is 2. The van der Waals surface area contributed by atoms with E-state index in [0.29, 0.717) is 12.3 Å². The molecule has 98 valence electrons. The van der Waals surface area contributed by atoms with Gasteiger partial charge >= 0.3 is 12.1 Å². The predicted molar refractivity (Wildman–Crippen MR) is 53.8 cm³/mol. The number of aliphatic carboxylic acids is 1. The standard InChI is InChI=1S/C10H9F3N2O3/c1-5(9(17)18)15-8(16)6-2-7(4-14-3-6)10(11,12)13/h2-5H,1H3,(H,15,16)(H,17,18)/t5-/m1/s1. The van der Waals surface area contributed by atoms with E-state index >= 15 is 0 Å². The Labute approximate surface area is 99.6 Å². The largest absolute Gasteiger partial charge is 0.480 e. The van der Waals surface area contributed by atoms with Crippen LogP contribution in [0.2, 0.25) is 0 Å². The van der Waals surface area contributed by atoms with Crippen molar-refractivity contribution in [2.45, 2.75) is 19.1 Å². The van der Waals surface area contributed by atoms with Crippen molar-refractivity contribution in [3.05, 3.63) is 29.6 Å². The number of carbonyl (C=O) groups excluding carboxylic acids is 1. The van der Waals surface area contributed by atoms with Gasteiger partial charge in [-0.1, -0.05) is 0 Å². The topological polar surface area (TPSA) is 79.3 Å². The number of alkyl halides is 3. The first-order chi connectivity index (χ1) is 8.21. The van der Waals surface area contributed by atoms with Crippen LogP contribution in [0, 0.1) is 0 Å². The van der Waals surface area contributed by atoms with Gasteiger partial charge in [0.1, 0.15) is 6.04 Å². The molecule has 0 aromatic carbocycles. The summed E-state index contributed by atoms with van der Waals surface area (Å²) in [4.78, 5) is 25.2. The zero-order chi connectivity index (χ0) is 13.9. The van der Waals surface area contributed by atoms with Gasteiger partial charge in [0.2, 0.25) is 0 Å². The highest BCUT2D eigenvalue weighted by Gasteiger charge is 2.31. The Bertz CT molecular complexity index is 474. The number of halogens is 3. The van der Waals surface area contributed by atoms with E-state index in [2.05, 4.69) is 4.98 Å². The molecule has 0 aliphatic rings. The van der Waals surface area contributed by atoms with Gasteiger partial charge in [0.25, 0.3) is 5.91 Å². The molecule has 5 nitrogen and oxygen atoms in total. The normalized spacial score (nSPS) is 12.9. The third-order valence-corrected chi connectivity index (χ3v) is 2.05. The molecular formula is C10H9F3N2O3. The lowest BCUT2D eigenvalue weighted by Crippen LogP contribution is -2.38. The molecule has 0 fully saturated rings. The number of nitrogens with zero attached hydrogens (tertiary/aromatic N) is 1. The molecule has 2 N–H and O–H groups in total. The summed E-state index contributed by atoms with van der Waals surface area (Å²) in [5.41, 5.74) is -1.42. The highest BCUT2D eigenvalue weighted by atomic mass is 19.4. The van der Waals surface area contributed by atoms with Gasteiger partial charge in [-0.05, 0) is 13.0 Å². The van der Waals surface area contributed by atoms with E-state index in [1.165, 1.54) is 6.92 Å². The summed E-state index contributed by atoms with van der Waals surface area (Å²) in [7, 11) is 0. The molecule has 1 amide bonds. The number of hydrogen-bond donors (Lipinski definition) is 2. The minimum Gasteiger partial charge on any atom is -0.480 e. The van der Waals surface area contributed by atoms with Crippen molar-refractivity contribution in [2.24, 2.45) is 0 Å². The Kier molecular flexibility index (Phi) is 3.89. The van der Waals surface area contributed by atoms with Gasteiger partial charge in [0, 0.05) is 12.4 Å². The number of rotatable bonds is 3. The second-order valence-corrected chi connectivity index (χ2v) is 3.49. The van der Waals surface area contributed by atoms with Gasteiger partial charge in [-0.15, -0.1) is 0 Å². The second kappa shape index (κ2) is 5.03. The third-order valence-electron chi connectivity index (χ3n) is 2.05. The van der Waals surface area contributed by atoms with Gasteiger partial charge in [-0.2, -0.15) is 13.2 Å². The lowest BCUT2D eigenvalue weighted by molar-refractivity contribution is -0.139. The molecule has 1 heterocycles. The SMILES string of the molecule is C[C@@H](NC(=O)c1cncc(C(F)(F)F)c1)C(=O)O. The number of carboxylic acid groups (broad SMARTS) is 1. The number of hydrogen-bond acceptors (Lipinski definition) is 3. The van der Waals surface area contributed by atoms with E-state index in [9.17, 15) is 22.8 Å². The third kappa shape index (κ3) is 3.44. The van der Waals surface area contributed by atoms with Crippen LogP contribution in [0.4, 0.5) is 13.2 Å². The number of nitrogens with one attached hydrogen (secondary N) is 1. The van der Waals surface area contributed by atoms with Crippen molar-refractivity contribution in [1.82, 2.24) is 10.3 Å². The van der Waals surface area contributed by atoms with E-state index < -0.39 is 29.7 Å². The smallest absolute Gasteiger partial charge is 0.417 e. The van der Waals surface area contributed by atoms with Crippen LogP contribution in [0.5, 0.6) is 0 Å². The van der Waals surface area contributed by atoms with Crippen molar-refractivity contribution in [3.8, 4) is 0 Å². The van der Waals surface area contributed by atoms with Crippen molar-refractivity contribution in [2.75, 3.05) is 0 Å². The van der Waals surface area contributed by atoms with Gasteiger partial charge in [-0.3, -0.25) is 14.6 Å². The lowest BCUT2D eigenvalue weighted by atomic mass is 10.2. The molecule has 8 heteroatoms. The van der Waals surface area contributed by atoms with Crippen LogP contribution in [0.3, 0.4) is 0 Å². The highest BCUT2D eigenvalue weighted by molar-refractivity contribution is 5.96. The van der Waals surface area contributed by atoms with Gasteiger partial charge < -0.3 is 10.4 Å². The summed E-state index contributed by atoms with van der Waals surface area (Å²) in [6.45, 7) is 1.20. The van der Waals surface area contributed by atoms with Gasteiger partial charge in [-0.25, -0.2) is 0 Å². The Morgan fingerprint density at radius 3 is 2.50 bits per heavy atom. The van der Waals surface area contributed by atoms with Crippen molar-refractivity contribution in [3.63, 3.8) is 0 Å². The van der Waals surface area contributed by atoms with Crippen LogP contribution >= 0.6 is 0 Å². The Morgan fingerprint density at radius 1 is 1.39 bits per heavy atom. The first-order valence-corrected chi connectivity index (χ1v) is 4.77. The zero-order valence-electron chi connectivity index (χ0n) is 9.15. The summed E-state index contributed by atoms with van der Waals surface area (Å²) < 4.78 is 37.1. The molecule has 0 aliphatic heterocycles. The lowest BCUT2D eigenvalue weighted by Gasteiger charge is -2.10.